The fraction of sp³-hybridized carbons (Fsp3) is 0.132. The third-order valence-corrected chi connectivity index (χ3v) is 9.00. The third-order valence-electron chi connectivity index (χ3n) is 6.93. The second-order valence-corrected chi connectivity index (χ2v) is 12.7. The molecule has 238 valence electrons. The van der Waals surface area contributed by atoms with Crippen molar-refractivity contribution in [2.75, 3.05) is 17.2 Å². The minimum Gasteiger partial charge on any atom is -0.494 e. The van der Waals surface area contributed by atoms with Crippen LogP contribution in [0, 0.1) is 0 Å². The van der Waals surface area contributed by atoms with E-state index in [2.05, 4.69) is 22.9 Å². The summed E-state index contributed by atoms with van der Waals surface area (Å²) in [6.07, 6.45) is 3.69. The number of benzene rings is 4. The molecular formula is C38H35N3O4S2. The zero-order valence-electron chi connectivity index (χ0n) is 25.8. The number of unbranched alkanes of at least 4 members (excludes halogenated alkanes) is 1. The van der Waals surface area contributed by atoms with Crippen LogP contribution in [0.2, 0.25) is 0 Å². The molecule has 47 heavy (non-hydrogen) atoms. The number of anilines is 2. The van der Waals surface area contributed by atoms with E-state index in [0.717, 1.165) is 33.9 Å². The fourth-order valence-corrected chi connectivity index (χ4v) is 6.26. The van der Waals surface area contributed by atoms with Crippen molar-refractivity contribution < 1.29 is 19.1 Å². The van der Waals surface area contributed by atoms with E-state index in [1.165, 1.54) is 23.1 Å². The highest BCUT2D eigenvalue weighted by Gasteiger charge is 2.23. The van der Waals surface area contributed by atoms with Gasteiger partial charge in [-0.05, 0) is 84.1 Å². The molecule has 5 rings (SSSR count). The summed E-state index contributed by atoms with van der Waals surface area (Å²) in [6.45, 7) is 2.77. The Kier molecular flexibility index (Phi) is 12.0. The molecular weight excluding hydrogens is 627 g/mol. The van der Waals surface area contributed by atoms with Gasteiger partial charge in [-0.1, -0.05) is 74.0 Å². The molecule has 5 aromatic rings. The first-order valence-corrected chi connectivity index (χ1v) is 17.0. The lowest BCUT2D eigenvalue weighted by Crippen LogP contribution is -2.30. The van der Waals surface area contributed by atoms with Crippen molar-refractivity contribution in [2.45, 2.75) is 29.9 Å². The van der Waals surface area contributed by atoms with Crippen LogP contribution in [0.4, 0.5) is 11.4 Å². The molecule has 1 atom stereocenters. The molecule has 3 N–H and O–H groups in total. The molecule has 0 spiro atoms. The Morgan fingerprint density at radius 3 is 2.26 bits per heavy atom. The Labute approximate surface area is 283 Å². The number of ether oxygens (including phenoxy) is 1. The van der Waals surface area contributed by atoms with Gasteiger partial charge < -0.3 is 20.7 Å². The van der Waals surface area contributed by atoms with Gasteiger partial charge in [0.2, 0.25) is 5.91 Å². The minimum atomic E-state index is -0.568. The summed E-state index contributed by atoms with van der Waals surface area (Å²) in [7, 11) is 0. The van der Waals surface area contributed by atoms with E-state index in [9.17, 15) is 14.4 Å². The highest BCUT2D eigenvalue weighted by Crippen LogP contribution is 2.37. The highest BCUT2D eigenvalue weighted by molar-refractivity contribution is 8.00. The molecule has 0 saturated carbocycles. The van der Waals surface area contributed by atoms with Crippen molar-refractivity contribution >= 4 is 58.3 Å². The molecule has 0 bridgehead atoms. The summed E-state index contributed by atoms with van der Waals surface area (Å²) in [4.78, 5) is 41.7. The summed E-state index contributed by atoms with van der Waals surface area (Å²) in [6, 6.07) is 36.7. The molecule has 0 radical (unpaired) electrons. The molecule has 0 aliphatic carbocycles. The lowest BCUT2D eigenvalue weighted by molar-refractivity contribution is -0.116. The summed E-state index contributed by atoms with van der Waals surface area (Å²) >= 11 is 2.83. The molecule has 0 aliphatic heterocycles. The van der Waals surface area contributed by atoms with Gasteiger partial charge in [0.05, 0.1) is 6.61 Å². The van der Waals surface area contributed by atoms with Crippen LogP contribution in [0.3, 0.4) is 0 Å². The number of hydrogen-bond donors (Lipinski definition) is 3. The van der Waals surface area contributed by atoms with E-state index in [1.54, 1.807) is 36.4 Å². The fourth-order valence-electron chi connectivity index (χ4n) is 4.52. The van der Waals surface area contributed by atoms with E-state index < -0.39 is 11.2 Å². The van der Waals surface area contributed by atoms with Gasteiger partial charge in [0.1, 0.15) is 16.7 Å². The van der Waals surface area contributed by atoms with E-state index in [4.69, 9.17) is 4.74 Å². The maximum atomic E-state index is 13.7. The lowest BCUT2D eigenvalue weighted by Gasteiger charge is -2.18. The Morgan fingerprint density at radius 2 is 1.55 bits per heavy atom. The topological polar surface area (TPSA) is 96.5 Å². The smallest absolute Gasteiger partial charge is 0.272 e. The van der Waals surface area contributed by atoms with Crippen LogP contribution in [0.15, 0.2) is 137 Å². The molecule has 0 fully saturated rings. The summed E-state index contributed by atoms with van der Waals surface area (Å²) in [5.74, 6) is -0.273. The van der Waals surface area contributed by atoms with Crippen molar-refractivity contribution in [3.63, 3.8) is 0 Å². The number of carbonyl (C=O) groups is 3. The van der Waals surface area contributed by atoms with Crippen LogP contribution in [-0.4, -0.2) is 24.3 Å². The van der Waals surface area contributed by atoms with Gasteiger partial charge in [-0.2, -0.15) is 0 Å². The number of nitrogens with one attached hydrogen (secondary N) is 3. The predicted molar refractivity (Wildman–Crippen MR) is 192 cm³/mol. The molecule has 1 heterocycles. The lowest BCUT2D eigenvalue weighted by atomic mass is 10.1. The van der Waals surface area contributed by atoms with Crippen LogP contribution >= 0.6 is 23.1 Å². The Balaban J connectivity index is 1.31. The van der Waals surface area contributed by atoms with E-state index in [-0.39, 0.29) is 17.5 Å². The molecule has 7 nitrogen and oxygen atoms in total. The average molecular weight is 662 g/mol. The standard InChI is InChI=1S/C38H35N3O4S2/c1-2-3-23-45-31-21-19-29(20-22-31)39-38(44)35(27-12-6-4-7-13-27)47-33-17-10-16-30(25-33)40-37(43)34(26-32-18-11-24-46-32)41-36(42)28-14-8-5-9-15-28/h4-22,24-26,35H,2-3,23H2,1H3,(H,39,44)(H,40,43)(H,41,42)/b34-26-. The molecule has 9 heteroatoms. The first-order valence-electron chi connectivity index (χ1n) is 15.3. The number of rotatable bonds is 14. The quantitative estimate of drug-likeness (QED) is 0.0628. The zero-order valence-corrected chi connectivity index (χ0v) is 27.5. The Morgan fingerprint density at radius 1 is 0.809 bits per heavy atom. The SMILES string of the molecule is CCCCOc1ccc(NC(=O)C(Sc2cccc(NC(=O)/C(=C/c3cccs3)NC(=O)c3ccccc3)c2)c2ccccc2)cc1. The van der Waals surface area contributed by atoms with Gasteiger partial charge in [-0.25, -0.2) is 0 Å². The van der Waals surface area contributed by atoms with Crippen molar-refractivity contribution in [1.29, 1.82) is 0 Å². The maximum absolute atomic E-state index is 13.7. The monoisotopic (exact) mass is 661 g/mol. The third kappa shape index (κ3) is 9.93. The molecule has 4 aromatic carbocycles. The normalized spacial score (nSPS) is 11.7. The molecule has 3 amide bonds. The van der Waals surface area contributed by atoms with Crippen molar-refractivity contribution in [3.05, 3.63) is 148 Å². The first kappa shape index (κ1) is 33.2. The van der Waals surface area contributed by atoms with Crippen LogP contribution in [0.5, 0.6) is 5.75 Å². The van der Waals surface area contributed by atoms with Crippen molar-refractivity contribution in [3.8, 4) is 5.75 Å². The van der Waals surface area contributed by atoms with Crippen LogP contribution < -0.4 is 20.7 Å². The van der Waals surface area contributed by atoms with Gasteiger partial charge in [0, 0.05) is 26.7 Å². The van der Waals surface area contributed by atoms with Gasteiger partial charge in [-0.15, -0.1) is 23.1 Å². The number of hydrogen-bond acceptors (Lipinski definition) is 6. The van der Waals surface area contributed by atoms with Gasteiger partial charge in [0.25, 0.3) is 11.8 Å². The number of thioether (sulfide) groups is 1. The number of amides is 3. The predicted octanol–water partition coefficient (Wildman–Crippen LogP) is 8.81. The number of carbonyl (C=O) groups excluding carboxylic acids is 3. The Hall–Kier alpha value is -5.12. The molecule has 1 aromatic heterocycles. The van der Waals surface area contributed by atoms with Crippen LogP contribution in [0.1, 0.15) is 45.8 Å². The van der Waals surface area contributed by atoms with Gasteiger partial charge in [0.15, 0.2) is 0 Å². The van der Waals surface area contributed by atoms with E-state index in [1.807, 2.05) is 96.4 Å². The number of thiophene rings is 1. The minimum absolute atomic E-state index is 0.114. The molecule has 0 aliphatic rings. The first-order chi connectivity index (χ1) is 23.0. The van der Waals surface area contributed by atoms with Gasteiger partial charge >= 0.3 is 0 Å². The second-order valence-electron chi connectivity index (χ2n) is 10.5. The van der Waals surface area contributed by atoms with Crippen LogP contribution in [0.25, 0.3) is 6.08 Å². The molecule has 0 saturated heterocycles. The zero-order chi connectivity index (χ0) is 32.8. The second kappa shape index (κ2) is 17.0. The van der Waals surface area contributed by atoms with E-state index >= 15 is 0 Å². The average Bonchev–Trinajstić information content (AvgIpc) is 3.62. The maximum Gasteiger partial charge on any atom is 0.272 e. The largest absolute Gasteiger partial charge is 0.494 e. The highest BCUT2D eigenvalue weighted by atomic mass is 32.2. The molecule has 1 unspecified atom stereocenters. The summed E-state index contributed by atoms with van der Waals surface area (Å²) < 4.78 is 5.75. The van der Waals surface area contributed by atoms with Crippen molar-refractivity contribution in [1.82, 2.24) is 5.32 Å². The van der Waals surface area contributed by atoms with E-state index in [0.29, 0.717) is 23.5 Å². The Bertz CT molecular complexity index is 1790. The summed E-state index contributed by atoms with van der Waals surface area (Å²) in [5.41, 5.74) is 2.59. The van der Waals surface area contributed by atoms with Crippen molar-refractivity contribution in [2.24, 2.45) is 0 Å². The van der Waals surface area contributed by atoms with Crippen LogP contribution in [-0.2, 0) is 9.59 Å². The summed E-state index contributed by atoms with van der Waals surface area (Å²) in [5, 5.41) is 10.1. The van der Waals surface area contributed by atoms with Gasteiger partial charge in [-0.3, -0.25) is 14.4 Å².